The van der Waals surface area contributed by atoms with Crippen molar-refractivity contribution in [3.8, 4) is 11.6 Å². The van der Waals surface area contributed by atoms with E-state index in [0.717, 1.165) is 6.07 Å². The van der Waals surface area contributed by atoms with Crippen LogP contribution in [0.15, 0.2) is 10.9 Å². The number of methoxy groups -OCH3 is 1. The zero-order valence-corrected chi connectivity index (χ0v) is 9.61. The average Bonchev–Trinajstić information content (AvgIpc) is 2.14. The minimum absolute atomic E-state index is 0.159. The first kappa shape index (κ1) is 12.9. The molecule has 0 aromatic carbocycles. The van der Waals surface area contributed by atoms with Gasteiger partial charge >= 0.3 is 6.36 Å². The molecule has 0 saturated carbocycles. The Morgan fingerprint density at radius 3 is 2.56 bits per heavy atom. The molecule has 0 atom stereocenters. The Hall–Kier alpha value is -1.18. The average molecular weight is 302 g/mol. The maximum Gasteiger partial charge on any atom is 0.574 e. The van der Waals surface area contributed by atoms with Crippen molar-refractivity contribution in [2.24, 2.45) is 0 Å². The van der Waals surface area contributed by atoms with E-state index in [-0.39, 0.29) is 16.6 Å². The molecular formula is C8H7BrF3NO3. The summed E-state index contributed by atoms with van der Waals surface area (Å²) >= 11 is 3.03. The minimum atomic E-state index is -4.89. The molecule has 16 heavy (non-hydrogen) atoms. The number of halogens is 4. The van der Waals surface area contributed by atoms with E-state index < -0.39 is 17.8 Å². The minimum Gasteiger partial charge on any atom is -0.491 e. The molecule has 8 heteroatoms. The highest BCUT2D eigenvalue weighted by atomic mass is 79.9. The molecule has 0 unspecified atom stereocenters. The molecule has 1 heterocycles. The van der Waals surface area contributed by atoms with Gasteiger partial charge in [0.2, 0.25) is 5.88 Å². The Balaban J connectivity index is 3.26. The quantitative estimate of drug-likeness (QED) is 0.871. The van der Waals surface area contributed by atoms with Crippen LogP contribution in [0.5, 0.6) is 11.6 Å². The lowest BCUT2D eigenvalue weighted by atomic mass is 10.3. The summed E-state index contributed by atoms with van der Waals surface area (Å²) in [5.74, 6) is -0.911. The first-order chi connectivity index (χ1) is 7.37. The number of hydrogen-bond donors (Lipinski definition) is 1. The molecule has 0 radical (unpaired) electrons. The van der Waals surface area contributed by atoms with Crippen LogP contribution >= 0.6 is 15.9 Å². The van der Waals surface area contributed by atoms with Crippen LogP contribution in [-0.2, 0) is 5.33 Å². The van der Waals surface area contributed by atoms with Gasteiger partial charge < -0.3 is 9.47 Å². The summed E-state index contributed by atoms with van der Waals surface area (Å²) < 4.78 is 44.4. The van der Waals surface area contributed by atoms with Crippen molar-refractivity contribution in [3.05, 3.63) is 22.0 Å². The standard InChI is InChI=1S/C8H7BrF3NO3/c1-15-6-4(3-9)2-5(14)13-7(6)16-8(10,11)12/h2H,3H2,1H3,(H,13,14). The lowest BCUT2D eigenvalue weighted by Crippen LogP contribution is -2.21. The highest BCUT2D eigenvalue weighted by molar-refractivity contribution is 9.08. The summed E-state index contributed by atoms with van der Waals surface area (Å²) in [5.41, 5.74) is -0.431. The van der Waals surface area contributed by atoms with E-state index in [1.807, 2.05) is 4.98 Å². The summed E-state index contributed by atoms with van der Waals surface area (Å²) in [4.78, 5) is 13.0. The number of rotatable bonds is 3. The van der Waals surface area contributed by atoms with Crippen LogP contribution < -0.4 is 15.0 Å². The van der Waals surface area contributed by atoms with Gasteiger partial charge in [0.15, 0.2) is 5.75 Å². The van der Waals surface area contributed by atoms with E-state index in [1.165, 1.54) is 7.11 Å². The molecule has 0 bridgehead atoms. The van der Waals surface area contributed by atoms with Crippen molar-refractivity contribution >= 4 is 15.9 Å². The van der Waals surface area contributed by atoms with Crippen LogP contribution in [0, 0.1) is 0 Å². The predicted octanol–water partition coefficient (Wildman–Crippen LogP) is 2.18. The zero-order chi connectivity index (χ0) is 12.3. The maximum absolute atomic E-state index is 12.0. The van der Waals surface area contributed by atoms with Gasteiger partial charge in [-0.2, -0.15) is 0 Å². The second-order valence-corrected chi connectivity index (χ2v) is 3.26. The topological polar surface area (TPSA) is 51.3 Å². The molecule has 0 spiro atoms. The molecule has 0 saturated heterocycles. The van der Waals surface area contributed by atoms with Gasteiger partial charge in [0.1, 0.15) is 0 Å². The van der Waals surface area contributed by atoms with Crippen molar-refractivity contribution in [1.29, 1.82) is 0 Å². The van der Waals surface area contributed by atoms with Crippen LogP contribution in [0.25, 0.3) is 0 Å². The lowest BCUT2D eigenvalue weighted by molar-refractivity contribution is -0.276. The van der Waals surface area contributed by atoms with Gasteiger partial charge in [-0.25, -0.2) is 0 Å². The fourth-order valence-electron chi connectivity index (χ4n) is 1.09. The van der Waals surface area contributed by atoms with Gasteiger partial charge in [-0.1, -0.05) is 15.9 Å². The molecule has 0 aliphatic rings. The molecule has 0 amide bonds. The number of pyridine rings is 1. The van der Waals surface area contributed by atoms with Crippen LogP contribution in [0.4, 0.5) is 13.2 Å². The van der Waals surface area contributed by atoms with Crippen LogP contribution in [0.3, 0.4) is 0 Å². The number of H-pyrrole nitrogens is 1. The number of alkyl halides is 4. The lowest BCUT2D eigenvalue weighted by Gasteiger charge is -2.13. The molecular weight excluding hydrogens is 295 g/mol. The van der Waals surface area contributed by atoms with E-state index >= 15 is 0 Å². The maximum atomic E-state index is 12.0. The van der Waals surface area contributed by atoms with Crippen molar-refractivity contribution < 1.29 is 22.6 Å². The smallest absolute Gasteiger partial charge is 0.491 e. The Morgan fingerprint density at radius 1 is 1.50 bits per heavy atom. The summed E-state index contributed by atoms with van der Waals surface area (Å²) in [6.07, 6.45) is -4.89. The van der Waals surface area contributed by atoms with Crippen molar-refractivity contribution in [3.63, 3.8) is 0 Å². The van der Waals surface area contributed by atoms with Crippen LogP contribution in [0.2, 0.25) is 0 Å². The van der Waals surface area contributed by atoms with E-state index in [0.29, 0.717) is 0 Å². The van der Waals surface area contributed by atoms with Gasteiger partial charge in [-0.05, 0) is 0 Å². The highest BCUT2D eigenvalue weighted by Crippen LogP contribution is 2.32. The third-order valence-electron chi connectivity index (χ3n) is 1.61. The molecule has 1 N–H and O–H groups in total. The third-order valence-corrected chi connectivity index (χ3v) is 2.21. The zero-order valence-electron chi connectivity index (χ0n) is 8.02. The highest BCUT2D eigenvalue weighted by Gasteiger charge is 2.33. The molecule has 0 aliphatic heterocycles. The molecule has 1 aromatic rings. The normalized spacial score (nSPS) is 11.3. The van der Waals surface area contributed by atoms with Gasteiger partial charge in [0, 0.05) is 17.0 Å². The van der Waals surface area contributed by atoms with Gasteiger partial charge in [0.25, 0.3) is 5.56 Å². The summed E-state index contributed by atoms with van der Waals surface area (Å²) in [6, 6.07) is 1.12. The first-order valence-electron chi connectivity index (χ1n) is 3.99. The Labute approximate surface area is 96.5 Å². The number of hydrogen-bond acceptors (Lipinski definition) is 3. The van der Waals surface area contributed by atoms with Gasteiger partial charge in [-0.3, -0.25) is 9.78 Å². The predicted molar refractivity (Wildman–Crippen MR) is 52.9 cm³/mol. The largest absolute Gasteiger partial charge is 0.574 e. The fourth-order valence-corrected chi connectivity index (χ4v) is 1.50. The van der Waals surface area contributed by atoms with E-state index in [9.17, 15) is 18.0 Å². The second-order valence-electron chi connectivity index (χ2n) is 2.70. The fraction of sp³-hybridized carbons (Fsp3) is 0.375. The van der Waals surface area contributed by atoms with Crippen LogP contribution in [0.1, 0.15) is 5.56 Å². The van der Waals surface area contributed by atoms with Crippen molar-refractivity contribution in [2.75, 3.05) is 7.11 Å². The first-order valence-corrected chi connectivity index (χ1v) is 5.11. The van der Waals surface area contributed by atoms with Crippen molar-refractivity contribution in [2.45, 2.75) is 11.7 Å². The molecule has 1 aromatic heterocycles. The van der Waals surface area contributed by atoms with E-state index in [2.05, 4.69) is 20.7 Å². The Bertz CT molecular complexity index is 430. The number of ether oxygens (including phenoxy) is 2. The second kappa shape index (κ2) is 4.77. The number of nitrogens with one attached hydrogen (secondary N) is 1. The summed E-state index contributed by atoms with van der Waals surface area (Å²) in [5, 5.41) is 0.175. The molecule has 90 valence electrons. The van der Waals surface area contributed by atoms with Gasteiger partial charge in [0.05, 0.1) is 7.11 Å². The van der Waals surface area contributed by atoms with E-state index in [4.69, 9.17) is 4.74 Å². The Kier molecular flexibility index (Phi) is 3.84. The SMILES string of the molecule is COc1c(CBr)cc(=O)[nH]c1OC(F)(F)F. The molecule has 1 rings (SSSR count). The Morgan fingerprint density at radius 2 is 2.12 bits per heavy atom. The number of aromatic amines is 1. The van der Waals surface area contributed by atoms with Crippen molar-refractivity contribution in [1.82, 2.24) is 4.98 Å². The van der Waals surface area contributed by atoms with Gasteiger partial charge in [-0.15, -0.1) is 13.2 Å². The molecule has 0 aliphatic carbocycles. The van der Waals surface area contributed by atoms with Crippen LogP contribution in [-0.4, -0.2) is 18.5 Å². The molecule has 4 nitrogen and oxygen atoms in total. The monoisotopic (exact) mass is 301 g/mol. The molecule has 0 fully saturated rings. The summed E-state index contributed by atoms with van der Waals surface area (Å²) in [7, 11) is 1.18. The summed E-state index contributed by atoms with van der Waals surface area (Å²) in [6.45, 7) is 0. The third kappa shape index (κ3) is 3.16. The number of aromatic nitrogens is 1. The van der Waals surface area contributed by atoms with E-state index in [1.54, 1.807) is 0 Å².